The van der Waals surface area contributed by atoms with Crippen molar-refractivity contribution in [1.29, 1.82) is 0 Å². The minimum atomic E-state index is 0.498. The van der Waals surface area contributed by atoms with Crippen molar-refractivity contribution < 1.29 is 9.47 Å². The quantitative estimate of drug-likeness (QED) is 0.540. The summed E-state index contributed by atoms with van der Waals surface area (Å²) >= 11 is 0. The molecule has 31 heavy (non-hydrogen) atoms. The van der Waals surface area contributed by atoms with Crippen molar-refractivity contribution in [2.24, 2.45) is 0 Å². The molecular formula is C22H41N7O2. The zero-order chi connectivity index (χ0) is 22.2. The van der Waals surface area contributed by atoms with Crippen molar-refractivity contribution in [3.63, 3.8) is 0 Å². The molecular weight excluding hydrogens is 394 g/mol. The van der Waals surface area contributed by atoms with E-state index in [0.29, 0.717) is 12.1 Å². The highest BCUT2D eigenvalue weighted by atomic mass is 16.5. The summed E-state index contributed by atoms with van der Waals surface area (Å²) in [6.07, 6.45) is 2.22. The van der Waals surface area contributed by atoms with Crippen LogP contribution in [0.4, 0.5) is 11.9 Å². The van der Waals surface area contributed by atoms with E-state index in [-0.39, 0.29) is 0 Å². The number of piperazine rings is 2. The number of anilines is 2. The number of aryl methyl sites for hydroxylation is 1. The van der Waals surface area contributed by atoms with Crippen LogP contribution in [0.3, 0.4) is 0 Å². The van der Waals surface area contributed by atoms with E-state index in [1.165, 1.54) is 0 Å². The lowest BCUT2D eigenvalue weighted by Crippen LogP contribution is -2.55. The fourth-order valence-corrected chi connectivity index (χ4v) is 4.67. The molecule has 1 aromatic rings. The van der Waals surface area contributed by atoms with Crippen molar-refractivity contribution in [3.8, 4) is 0 Å². The van der Waals surface area contributed by atoms with Crippen LogP contribution in [0, 0.1) is 6.92 Å². The summed E-state index contributed by atoms with van der Waals surface area (Å²) in [7, 11) is 3.54. The molecule has 0 spiro atoms. The Morgan fingerprint density at radius 2 is 1.19 bits per heavy atom. The van der Waals surface area contributed by atoms with Crippen molar-refractivity contribution in [2.45, 2.75) is 45.7 Å². The van der Waals surface area contributed by atoms with Gasteiger partial charge in [-0.15, -0.1) is 0 Å². The SMILES string of the molecule is CC[C@H]1CN(c2nc(C)nc(N3CCN(CCOC)[C@@H](CC)C3)n2)CCN1CCOC. The fraction of sp³-hybridized carbons (Fsp3) is 0.864. The molecule has 9 nitrogen and oxygen atoms in total. The molecule has 0 unspecified atom stereocenters. The van der Waals surface area contributed by atoms with E-state index < -0.39 is 0 Å². The molecule has 0 aliphatic carbocycles. The number of methoxy groups -OCH3 is 2. The lowest BCUT2D eigenvalue weighted by Gasteiger charge is -2.42. The molecule has 0 amide bonds. The average molecular weight is 436 g/mol. The predicted octanol–water partition coefficient (Wildman–Crippen LogP) is 1.27. The third kappa shape index (κ3) is 6.25. The highest BCUT2D eigenvalue weighted by Crippen LogP contribution is 2.22. The standard InChI is InChI=1S/C22H41N7O2/c1-6-19-16-28(10-8-26(19)12-14-30-4)21-23-18(3)24-22(25-21)29-11-9-27(13-15-31-5)20(7-2)17-29/h19-20H,6-17H2,1-5H3/t19-,20-/m0/s1. The number of hydrogen-bond donors (Lipinski definition) is 0. The molecule has 0 bridgehead atoms. The minimum Gasteiger partial charge on any atom is -0.383 e. The number of nitrogens with zero attached hydrogens (tertiary/aromatic N) is 7. The maximum Gasteiger partial charge on any atom is 0.230 e. The molecule has 2 aliphatic heterocycles. The van der Waals surface area contributed by atoms with Crippen molar-refractivity contribution in [1.82, 2.24) is 24.8 Å². The van der Waals surface area contributed by atoms with Gasteiger partial charge in [0.2, 0.25) is 11.9 Å². The third-order valence-electron chi connectivity index (χ3n) is 6.61. The Kier molecular flexibility index (Phi) is 9.25. The summed E-state index contributed by atoms with van der Waals surface area (Å²) in [5, 5.41) is 0. The largest absolute Gasteiger partial charge is 0.383 e. The topological polar surface area (TPSA) is 70.1 Å². The van der Waals surface area contributed by atoms with Gasteiger partial charge in [-0.3, -0.25) is 9.80 Å². The Hall–Kier alpha value is -1.55. The minimum absolute atomic E-state index is 0.498. The molecule has 2 fully saturated rings. The second kappa shape index (κ2) is 11.9. The van der Waals surface area contributed by atoms with Gasteiger partial charge in [-0.05, 0) is 19.8 Å². The summed E-state index contributed by atoms with van der Waals surface area (Å²) in [5.74, 6) is 2.44. The number of rotatable bonds is 10. The summed E-state index contributed by atoms with van der Waals surface area (Å²) < 4.78 is 10.6. The van der Waals surface area contributed by atoms with E-state index in [9.17, 15) is 0 Å². The first-order chi connectivity index (χ1) is 15.1. The first kappa shape index (κ1) is 24.1. The van der Waals surface area contributed by atoms with Crippen LogP contribution in [0.2, 0.25) is 0 Å². The highest BCUT2D eigenvalue weighted by Gasteiger charge is 2.30. The van der Waals surface area contributed by atoms with Crippen LogP contribution < -0.4 is 9.80 Å². The van der Waals surface area contributed by atoms with E-state index in [0.717, 1.165) is 96.1 Å². The smallest absolute Gasteiger partial charge is 0.230 e. The zero-order valence-corrected chi connectivity index (χ0v) is 20.1. The van der Waals surface area contributed by atoms with Gasteiger partial charge >= 0.3 is 0 Å². The van der Waals surface area contributed by atoms with Gasteiger partial charge in [0, 0.05) is 78.7 Å². The molecule has 0 radical (unpaired) electrons. The van der Waals surface area contributed by atoms with Gasteiger partial charge in [0.05, 0.1) is 13.2 Å². The maximum atomic E-state index is 5.29. The third-order valence-corrected chi connectivity index (χ3v) is 6.61. The molecule has 1 aromatic heterocycles. The Morgan fingerprint density at radius 1 is 0.742 bits per heavy atom. The van der Waals surface area contributed by atoms with Gasteiger partial charge in [-0.1, -0.05) is 13.8 Å². The van der Waals surface area contributed by atoms with E-state index in [2.05, 4.69) is 33.4 Å². The number of aromatic nitrogens is 3. The van der Waals surface area contributed by atoms with Crippen LogP contribution in [-0.2, 0) is 9.47 Å². The van der Waals surface area contributed by atoms with Crippen molar-refractivity contribution >= 4 is 11.9 Å². The van der Waals surface area contributed by atoms with Gasteiger partial charge in [0.15, 0.2) is 0 Å². The van der Waals surface area contributed by atoms with E-state index in [1.807, 2.05) is 6.92 Å². The lowest BCUT2D eigenvalue weighted by atomic mass is 10.1. The number of ether oxygens (including phenoxy) is 2. The molecule has 9 heteroatoms. The molecule has 2 atom stereocenters. The van der Waals surface area contributed by atoms with Crippen LogP contribution in [-0.4, -0.2) is 117 Å². The van der Waals surface area contributed by atoms with Gasteiger partial charge in [0.25, 0.3) is 0 Å². The van der Waals surface area contributed by atoms with Gasteiger partial charge in [-0.25, -0.2) is 0 Å². The first-order valence-corrected chi connectivity index (χ1v) is 11.8. The second-order valence-electron chi connectivity index (χ2n) is 8.56. The summed E-state index contributed by atoms with van der Waals surface area (Å²) in [4.78, 5) is 24.1. The van der Waals surface area contributed by atoms with E-state index >= 15 is 0 Å². The molecule has 0 saturated carbocycles. The predicted molar refractivity (Wildman–Crippen MR) is 124 cm³/mol. The highest BCUT2D eigenvalue weighted by molar-refractivity contribution is 5.40. The van der Waals surface area contributed by atoms with Gasteiger partial charge < -0.3 is 19.3 Å². The van der Waals surface area contributed by atoms with Gasteiger partial charge in [-0.2, -0.15) is 15.0 Å². The van der Waals surface area contributed by atoms with Crippen molar-refractivity contribution in [3.05, 3.63) is 5.82 Å². The summed E-state index contributed by atoms with van der Waals surface area (Å²) in [5.41, 5.74) is 0. The zero-order valence-electron chi connectivity index (χ0n) is 20.1. The van der Waals surface area contributed by atoms with Gasteiger partial charge in [0.1, 0.15) is 5.82 Å². The molecule has 3 rings (SSSR count). The second-order valence-corrected chi connectivity index (χ2v) is 8.56. The van der Waals surface area contributed by atoms with Crippen molar-refractivity contribution in [2.75, 3.05) is 89.6 Å². The molecule has 176 valence electrons. The first-order valence-electron chi connectivity index (χ1n) is 11.8. The van der Waals surface area contributed by atoms with Crippen LogP contribution in [0.1, 0.15) is 32.5 Å². The molecule has 2 saturated heterocycles. The van der Waals surface area contributed by atoms with Crippen LogP contribution in [0.15, 0.2) is 0 Å². The molecule has 0 N–H and O–H groups in total. The van der Waals surface area contributed by atoms with Crippen LogP contribution in [0.25, 0.3) is 0 Å². The maximum absolute atomic E-state index is 5.29. The average Bonchev–Trinajstić information content (AvgIpc) is 2.80. The Bertz CT molecular complexity index is 625. The lowest BCUT2D eigenvalue weighted by molar-refractivity contribution is 0.108. The molecule has 3 heterocycles. The Morgan fingerprint density at radius 3 is 1.58 bits per heavy atom. The Balaban J connectivity index is 1.69. The monoisotopic (exact) mass is 435 g/mol. The summed E-state index contributed by atoms with van der Waals surface area (Å²) in [6, 6.07) is 0.997. The molecule has 0 aromatic carbocycles. The Labute approximate surface area is 187 Å². The normalized spacial score (nSPS) is 23.5. The van der Waals surface area contributed by atoms with Crippen LogP contribution >= 0.6 is 0 Å². The summed E-state index contributed by atoms with van der Waals surface area (Å²) in [6.45, 7) is 15.8. The van der Waals surface area contributed by atoms with E-state index in [1.54, 1.807) is 14.2 Å². The molecule has 2 aliphatic rings. The number of hydrogen-bond acceptors (Lipinski definition) is 9. The fourth-order valence-electron chi connectivity index (χ4n) is 4.67. The van der Waals surface area contributed by atoms with E-state index in [4.69, 9.17) is 24.4 Å². The van der Waals surface area contributed by atoms with Crippen LogP contribution in [0.5, 0.6) is 0 Å².